The lowest BCUT2D eigenvalue weighted by molar-refractivity contribution is 0.0930. The Morgan fingerprint density at radius 2 is 1.71 bits per heavy atom. The molecule has 1 amide bonds. The maximum atomic E-state index is 13.4. The van der Waals surface area contributed by atoms with Gasteiger partial charge in [-0.05, 0) is 49.2 Å². The van der Waals surface area contributed by atoms with Crippen LogP contribution in [0, 0.1) is 6.92 Å². The highest BCUT2D eigenvalue weighted by molar-refractivity contribution is 5.92. The molecule has 0 saturated heterocycles. The number of nitrogens with one attached hydrogen (secondary N) is 1. The van der Waals surface area contributed by atoms with E-state index in [1.54, 1.807) is 43.5 Å². The number of methoxy groups -OCH3 is 1. The molecule has 0 aliphatic heterocycles. The van der Waals surface area contributed by atoms with Crippen LogP contribution < -0.4 is 21.3 Å². The van der Waals surface area contributed by atoms with Crippen molar-refractivity contribution < 1.29 is 9.53 Å². The summed E-state index contributed by atoms with van der Waals surface area (Å²) in [6.07, 6.45) is 0. The van der Waals surface area contributed by atoms with Gasteiger partial charge < -0.3 is 10.1 Å². The van der Waals surface area contributed by atoms with Crippen molar-refractivity contribution in [1.29, 1.82) is 0 Å². The molecule has 0 unspecified atom stereocenters. The van der Waals surface area contributed by atoms with Crippen molar-refractivity contribution in [1.82, 2.24) is 19.7 Å². The van der Waals surface area contributed by atoms with Crippen LogP contribution in [-0.2, 0) is 6.54 Å². The van der Waals surface area contributed by atoms with Crippen LogP contribution in [-0.4, -0.2) is 27.4 Å². The molecule has 0 aliphatic rings. The van der Waals surface area contributed by atoms with Crippen molar-refractivity contribution in [3.63, 3.8) is 0 Å². The van der Waals surface area contributed by atoms with Crippen molar-refractivity contribution in [2.45, 2.75) is 26.4 Å². The van der Waals surface area contributed by atoms with Crippen molar-refractivity contribution in [3.05, 3.63) is 122 Å². The summed E-state index contributed by atoms with van der Waals surface area (Å²) in [6, 6.07) is 23.2. The maximum absolute atomic E-state index is 13.4. The monoisotopic (exact) mass is 470 g/mol. The van der Waals surface area contributed by atoms with Crippen molar-refractivity contribution >= 4 is 5.91 Å². The molecule has 0 saturated carbocycles. The van der Waals surface area contributed by atoms with E-state index in [1.807, 2.05) is 56.3 Å². The number of carbonyl (C=O) groups excluding carboxylic acids is 1. The predicted molar refractivity (Wildman–Crippen MR) is 133 cm³/mol. The molecule has 0 radical (unpaired) electrons. The number of hydrogen-bond acceptors (Lipinski definition) is 5. The fourth-order valence-corrected chi connectivity index (χ4v) is 3.69. The number of carbonyl (C=O) groups is 1. The van der Waals surface area contributed by atoms with Crippen LogP contribution in [0.3, 0.4) is 0 Å². The lowest BCUT2D eigenvalue weighted by Crippen LogP contribution is -2.46. The minimum atomic E-state index is -0.765. The second kappa shape index (κ2) is 10.2. The third-order valence-corrected chi connectivity index (χ3v) is 5.68. The first kappa shape index (κ1) is 23.7. The lowest BCUT2D eigenvalue weighted by atomic mass is 10.1. The van der Waals surface area contributed by atoms with E-state index in [4.69, 9.17) is 4.74 Å². The molecule has 8 nitrogen and oxygen atoms in total. The summed E-state index contributed by atoms with van der Waals surface area (Å²) in [5.41, 5.74) is 1.23. The fraction of sp³-hybridized carbons (Fsp3) is 0.185. The van der Waals surface area contributed by atoms with Crippen molar-refractivity contribution in [3.8, 4) is 11.4 Å². The Morgan fingerprint density at radius 3 is 2.40 bits per heavy atom. The molecule has 0 fully saturated rings. The van der Waals surface area contributed by atoms with Gasteiger partial charge in [0.2, 0.25) is 5.69 Å². The molecule has 1 atom stereocenters. The highest BCUT2D eigenvalue weighted by atomic mass is 16.5. The summed E-state index contributed by atoms with van der Waals surface area (Å²) in [5, 5.41) is 7.01. The number of nitrogens with zero attached hydrogens (tertiary/aromatic N) is 3. The summed E-state index contributed by atoms with van der Waals surface area (Å²) >= 11 is 0. The van der Waals surface area contributed by atoms with Gasteiger partial charge in [-0.2, -0.15) is 9.78 Å². The predicted octanol–water partition coefficient (Wildman–Crippen LogP) is 3.25. The van der Waals surface area contributed by atoms with Crippen LogP contribution in [0.4, 0.5) is 0 Å². The first-order chi connectivity index (χ1) is 16.9. The van der Waals surface area contributed by atoms with Gasteiger partial charge >= 0.3 is 5.69 Å². The Hall–Kier alpha value is -4.46. The largest absolute Gasteiger partial charge is 0.497 e. The minimum absolute atomic E-state index is 0.0439. The summed E-state index contributed by atoms with van der Waals surface area (Å²) in [7, 11) is 1.54. The molecule has 1 heterocycles. The maximum Gasteiger partial charge on any atom is 0.352 e. The van der Waals surface area contributed by atoms with Gasteiger partial charge in [0, 0.05) is 0 Å². The second-order valence-corrected chi connectivity index (χ2v) is 8.23. The van der Waals surface area contributed by atoms with E-state index in [0.29, 0.717) is 17.0 Å². The van der Waals surface area contributed by atoms with E-state index < -0.39 is 17.2 Å². The zero-order valence-corrected chi connectivity index (χ0v) is 19.8. The summed E-state index contributed by atoms with van der Waals surface area (Å²) in [6.45, 7) is 3.70. The Morgan fingerprint density at radius 1 is 1.00 bits per heavy atom. The van der Waals surface area contributed by atoms with Crippen LogP contribution >= 0.6 is 0 Å². The van der Waals surface area contributed by atoms with Gasteiger partial charge in [-0.25, -0.2) is 4.79 Å². The molecule has 3 aromatic carbocycles. The number of benzene rings is 3. The standard InChI is InChI=1S/C27H26N4O4/c1-18-12-14-22(15-13-18)31-27(34)30(17-20-8-7-11-23(16-20)35-3)26(33)24(29-31)25(32)28-19(2)21-9-5-4-6-10-21/h4-16,19H,17H2,1-3H3,(H,28,32)/t19-/m1/s1. The highest BCUT2D eigenvalue weighted by Gasteiger charge is 2.22. The van der Waals surface area contributed by atoms with Crippen LogP contribution in [0.15, 0.2) is 88.5 Å². The third-order valence-electron chi connectivity index (χ3n) is 5.68. The number of aryl methyl sites for hydroxylation is 1. The SMILES string of the molecule is COc1cccc(Cn2c(=O)c(C(=O)N[C@H](C)c3ccccc3)nn(-c3ccc(C)cc3)c2=O)c1. The van der Waals surface area contributed by atoms with Crippen LogP contribution in [0.5, 0.6) is 5.75 Å². The average Bonchev–Trinajstić information content (AvgIpc) is 2.88. The van der Waals surface area contributed by atoms with E-state index >= 15 is 0 Å². The summed E-state index contributed by atoms with van der Waals surface area (Å²) < 4.78 is 7.36. The zero-order valence-electron chi connectivity index (χ0n) is 19.8. The average molecular weight is 471 g/mol. The Labute approximate surface area is 202 Å². The lowest BCUT2D eigenvalue weighted by Gasteiger charge is -2.16. The molecular formula is C27H26N4O4. The molecule has 178 valence electrons. The Bertz CT molecular complexity index is 1460. The smallest absolute Gasteiger partial charge is 0.352 e. The van der Waals surface area contributed by atoms with E-state index in [1.165, 1.54) is 0 Å². The summed E-state index contributed by atoms with van der Waals surface area (Å²) in [5.74, 6) is -0.0651. The minimum Gasteiger partial charge on any atom is -0.497 e. The molecule has 4 aromatic rings. The van der Waals surface area contributed by atoms with Gasteiger partial charge in [0.15, 0.2) is 0 Å². The molecule has 1 N–H and O–H groups in total. The van der Waals surface area contributed by atoms with Gasteiger partial charge in [0.05, 0.1) is 25.4 Å². The van der Waals surface area contributed by atoms with Crippen LogP contribution in [0.1, 0.15) is 40.1 Å². The highest BCUT2D eigenvalue weighted by Crippen LogP contribution is 2.14. The molecule has 35 heavy (non-hydrogen) atoms. The van der Waals surface area contributed by atoms with Gasteiger partial charge in [-0.3, -0.25) is 14.2 Å². The topological polar surface area (TPSA) is 95.2 Å². The third kappa shape index (κ3) is 5.22. The molecule has 0 bridgehead atoms. The van der Waals surface area contributed by atoms with Gasteiger partial charge in [0.1, 0.15) is 5.75 Å². The Balaban J connectivity index is 1.80. The summed E-state index contributed by atoms with van der Waals surface area (Å²) in [4.78, 5) is 39.9. The van der Waals surface area contributed by atoms with Crippen LogP contribution in [0.25, 0.3) is 5.69 Å². The number of ether oxygens (including phenoxy) is 1. The molecular weight excluding hydrogens is 444 g/mol. The van der Waals surface area contributed by atoms with E-state index in [-0.39, 0.29) is 18.3 Å². The zero-order chi connectivity index (χ0) is 24.9. The first-order valence-corrected chi connectivity index (χ1v) is 11.2. The Kier molecular flexibility index (Phi) is 6.91. The van der Waals surface area contributed by atoms with Crippen molar-refractivity contribution in [2.24, 2.45) is 0 Å². The quantitative estimate of drug-likeness (QED) is 0.447. The number of amides is 1. The molecule has 0 spiro atoms. The van der Waals surface area contributed by atoms with E-state index in [2.05, 4.69) is 10.4 Å². The van der Waals surface area contributed by atoms with Gasteiger partial charge in [-0.1, -0.05) is 60.2 Å². The number of aromatic nitrogens is 3. The van der Waals surface area contributed by atoms with Crippen molar-refractivity contribution in [2.75, 3.05) is 7.11 Å². The molecule has 8 heteroatoms. The fourth-order valence-electron chi connectivity index (χ4n) is 3.69. The van der Waals surface area contributed by atoms with E-state index in [0.717, 1.165) is 20.4 Å². The van der Waals surface area contributed by atoms with E-state index in [9.17, 15) is 14.4 Å². The van der Waals surface area contributed by atoms with Gasteiger partial charge in [0.25, 0.3) is 11.5 Å². The molecule has 1 aromatic heterocycles. The van der Waals surface area contributed by atoms with Crippen LogP contribution in [0.2, 0.25) is 0 Å². The molecule has 0 aliphatic carbocycles. The normalized spacial score (nSPS) is 11.6. The first-order valence-electron chi connectivity index (χ1n) is 11.2. The number of rotatable bonds is 7. The van der Waals surface area contributed by atoms with Gasteiger partial charge in [-0.15, -0.1) is 0 Å². The second-order valence-electron chi connectivity index (χ2n) is 8.23. The molecule has 4 rings (SSSR count). The number of hydrogen-bond donors (Lipinski definition) is 1.